The number of piperazine rings is 1. The minimum absolute atomic E-state index is 0.401. The maximum absolute atomic E-state index is 10.3. The Morgan fingerprint density at radius 1 is 1.39 bits per heavy atom. The fraction of sp³-hybridized carbons (Fsp3) is 0.462. The van der Waals surface area contributed by atoms with E-state index in [0.29, 0.717) is 5.75 Å². The summed E-state index contributed by atoms with van der Waals surface area (Å²) in [5.74, 6) is -0.618. The monoisotopic (exact) mass is 250 g/mol. The Labute approximate surface area is 106 Å². The van der Waals surface area contributed by atoms with E-state index >= 15 is 0 Å². The Morgan fingerprint density at radius 2 is 2.17 bits per heavy atom. The molecule has 1 saturated heterocycles. The molecule has 1 aliphatic rings. The minimum atomic E-state index is -1.20. The molecule has 0 spiro atoms. The first-order chi connectivity index (χ1) is 8.74. The van der Waals surface area contributed by atoms with Crippen molar-refractivity contribution in [2.75, 3.05) is 32.8 Å². The van der Waals surface area contributed by atoms with Gasteiger partial charge in [-0.25, -0.2) is 0 Å². The first kappa shape index (κ1) is 12.9. The number of aliphatic carboxylic acids is 1. The number of rotatable bonds is 5. The molecule has 0 atom stereocenters. The molecule has 0 radical (unpaired) electrons. The molecule has 0 unspecified atom stereocenters. The van der Waals surface area contributed by atoms with Gasteiger partial charge in [0.1, 0.15) is 12.4 Å². The highest BCUT2D eigenvalue weighted by Crippen LogP contribution is 2.14. The number of carbonyl (C=O) groups excluding carboxylic acids is 1. The van der Waals surface area contributed by atoms with Crippen LogP contribution in [0.2, 0.25) is 0 Å². The van der Waals surface area contributed by atoms with Crippen LogP contribution >= 0.6 is 0 Å². The van der Waals surface area contributed by atoms with Crippen molar-refractivity contribution in [3.05, 3.63) is 29.8 Å². The molecule has 1 aliphatic heterocycles. The van der Waals surface area contributed by atoms with Gasteiger partial charge in [0.15, 0.2) is 0 Å². The Balaban J connectivity index is 1.91. The largest absolute Gasteiger partial charge is 0.546 e. The Bertz CT molecular complexity index is 403. The molecule has 1 heterocycles. The van der Waals surface area contributed by atoms with Crippen LogP contribution in [0, 0.1) is 0 Å². The molecule has 2 N–H and O–H groups in total. The van der Waals surface area contributed by atoms with Crippen LogP contribution in [0.15, 0.2) is 24.3 Å². The second-order valence-corrected chi connectivity index (χ2v) is 4.45. The van der Waals surface area contributed by atoms with Gasteiger partial charge in [-0.2, -0.15) is 0 Å². The molecule has 1 fully saturated rings. The standard InChI is InChI=1S/C13H18N2O3/c16-13(17)10-18-12-3-1-2-11(8-12)9-15-6-4-14-5-7-15/h1-3,8,14H,4-7,9-10H2,(H,16,17). The number of hydrogen-bond donors (Lipinski definition) is 1. The van der Waals surface area contributed by atoms with Gasteiger partial charge in [-0.3, -0.25) is 4.90 Å². The number of carboxylic acid groups (broad SMARTS) is 1. The summed E-state index contributed by atoms with van der Waals surface area (Å²) in [6.07, 6.45) is 0. The van der Waals surface area contributed by atoms with Crippen LogP contribution in [0.25, 0.3) is 0 Å². The van der Waals surface area contributed by atoms with E-state index in [1.54, 1.807) is 6.07 Å². The number of nitrogens with two attached hydrogens (primary N) is 1. The highest BCUT2D eigenvalue weighted by Gasteiger charge is 2.12. The normalized spacial score (nSPS) is 16.4. The van der Waals surface area contributed by atoms with Gasteiger partial charge in [0, 0.05) is 19.6 Å². The average molecular weight is 250 g/mol. The molecule has 0 amide bonds. The molecule has 5 heteroatoms. The molecule has 0 saturated carbocycles. The molecular weight excluding hydrogens is 232 g/mol. The third kappa shape index (κ3) is 4.01. The summed E-state index contributed by atoms with van der Waals surface area (Å²) in [6.45, 7) is 4.94. The van der Waals surface area contributed by atoms with Crippen molar-refractivity contribution in [2.45, 2.75) is 6.54 Å². The van der Waals surface area contributed by atoms with Crippen LogP contribution in [0.5, 0.6) is 5.75 Å². The lowest BCUT2D eigenvalue weighted by molar-refractivity contribution is -0.663. The Kier molecular flexibility index (Phi) is 4.55. The lowest BCUT2D eigenvalue weighted by atomic mass is 10.2. The van der Waals surface area contributed by atoms with Crippen LogP contribution in [0.3, 0.4) is 0 Å². The van der Waals surface area contributed by atoms with Crippen molar-refractivity contribution in [1.29, 1.82) is 0 Å². The van der Waals surface area contributed by atoms with Crippen molar-refractivity contribution in [3.8, 4) is 5.75 Å². The number of nitrogens with zero attached hydrogens (tertiary/aromatic N) is 1. The fourth-order valence-corrected chi connectivity index (χ4v) is 2.10. The van der Waals surface area contributed by atoms with Gasteiger partial charge in [0.25, 0.3) is 0 Å². The molecule has 1 aromatic carbocycles. The lowest BCUT2D eigenvalue weighted by Gasteiger charge is -2.25. The fourth-order valence-electron chi connectivity index (χ4n) is 2.10. The van der Waals surface area contributed by atoms with E-state index in [4.69, 9.17) is 4.74 Å². The van der Waals surface area contributed by atoms with Crippen molar-refractivity contribution >= 4 is 5.97 Å². The first-order valence-electron chi connectivity index (χ1n) is 6.19. The zero-order chi connectivity index (χ0) is 12.8. The van der Waals surface area contributed by atoms with Crippen molar-refractivity contribution in [1.82, 2.24) is 4.90 Å². The smallest absolute Gasteiger partial charge is 0.128 e. The first-order valence-corrected chi connectivity index (χ1v) is 6.19. The predicted octanol–water partition coefficient (Wildman–Crippen LogP) is -1.81. The summed E-state index contributed by atoms with van der Waals surface area (Å²) in [5.41, 5.74) is 1.15. The SMILES string of the molecule is O=C([O-])COc1cccc(CN2CC[NH2+]CC2)c1. The zero-order valence-electron chi connectivity index (χ0n) is 10.3. The summed E-state index contributed by atoms with van der Waals surface area (Å²) >= 11 is 0. The second-order valence-electron chi connectivity index (χ2n) is 4.45. The summed E-state index contributed by atoms with van der Waals surface area (Å²) in [4.78, 5) is 12.7. The van der Waals surface area contributed by atoms with Crippen molar-refractivity contribution < 1.29 is 20.0 Å². The predicted molar refractivity (Wildman–Crippen MR) is 63.9 cm³/mol. The van der Waals surface area contributed by atoms with E-state index < -0.39 is 12.6 Å². The van der Waals surface area contributed by atoms with Gasteiger partial charge in [0.2, 0.25) is 0 Å². The van der Waals surface area contributed by atoms with Gasteiger partial charge in [0.05, 0.1) is 19.1 Å². The number of benzene rings is 1. The highest BCUT2D eigenvalue weighted by atomic mass is 16.5. The summed E-state index contributed by atoms with van der Waals surface area (Å²) < 4.78 is 5.11. The van der Waals surface area contributed by atoms with Gasteiger partial charge in [-0.15, -0.1) is 0 Å². The molecule has 0 aliphatic carbocycles. The van der Waals surface area contributed by atoms with Crippen LogP contribution in [0.4, 0.5) is 0 Å². The Hall–Kier alpha value is -1.59. The van der Waals surface area contributed by atoms with Crippen LogP contribution in [-0.4, -0.2) is 43.7 Å². The van der Waals surface area contributed by atoms with Gasteiger partial charge in [-0.1, -0.05) is 12.1 Å². The minimum Gasteiger partial charge on any atom is -0.546 e. The molecule has 98 valence electrons. The number of ether oxygens (including phenoxy) is 1. The summed E-state index contributed by atoms with van der Waals surface area (Å²) in [6, 6.07) is 7.57. The quantitative estimate of drug-likeness (QED) is 0.669. The van der Waals surface area contributed by atoms with Gasteiger partial charge in [-0.05, 0) is 17.7 Å². The maximum atomic E-state index is 10.3. The molecule has 2 rings (SSSR count). The third-order valence-corrected chi connectivity index (χ3v) is 2.96. The third-order valence-electron chi connectivity index (χ3n) is 2.96. The van der Waals surface area contributed by atoms with Crippen molar-refractivity contribution in [3.63, 3.8) is 0 Å². The van der Waals surface area contributed by atoms with E-state index in [1.165, 1.54) is 0 Å². The summed E-state index contributed by atoms with van der Waals surface area (Å²) in [7, 11) is 0. The van der Waals surface area contributed by atoms with Crippen LogP contribution in [-0.2, 0) is 11.3 Å². The number of carboxylic acids is 1. The van der Waals surface area contributed by atoms with Gasteiger partial charge >= 0.3 is 0 Å². The molecule has 5 nitrogen and oxygen atoms in total. The lowest BCUT2D eigenvalue weighted by Crippen LogP contribution is -2.89. The number of hydrogen-bond acceptors (Lipinski definition) is 4. The van der Waals surface area contributed by atoms with Crippen molar-refractivity contribution in [2.24, 2.45) is 0 Å². The molecule has 18 heavy (non-hydrogen) atoms. The van der Waals surface area contributed by atoms with Gasteiger partial charge < -0.3 is 20.0 Å². The average Bonchev–Trinajstić information content (AvgIpc) is 2.38. The maximum Gasteiger partial charge on any atom is 0.128 e. The summed E-state index contributed by atoms with van der Waals surface area (Å²) in [5, 5.41) is 12.6. The molecule has 1 aromatic rings. The topological polar surface area (TPSA) is 69.2 Å². The number of carbonyl (C=O) groups is 1. The van der Waals surface area contributed by atoms with Crippen LogP contribution < -0.4 is 15.2 Å². The van der Waals surface area contributed by atoms with E-state index in [9.17, 15) is 9.90 Å². The molecule has 0 bridgehead atoms. The molecular formula is C13H18N2O3. The van der Waals surface area contributed by atoms with Crippen LogP contribution in [0.1, 0.15) is 5.56 Å². The zero-order valence-corrected chi connectivity index (χ0v) is 10.3. The van der Waals surface area contributed by atoms with E-state index in [1.807, 2.05) is 18.2 Å². The molecule has 0 aromatic heterocycles. The Morgan fingerprint density at radius 3 is 2.89 bits per heavy atom. The van der Waals surface area contributed by atoms with E-state index in [0.717, 1.165) is 38.3 Å². The number of quaternary nitrogens is 1. The highest BCUT2D eigenvalue weighted by molar-refractivity contribution is 5.66. The second kappa shape index (κ2) is 6.37. The van der Waals surface area contributed by atoms with E-state index in [-0.39, 0.29) is 0 Å². The van der Waals surface area contributed by atoms with E-state index in [2.05, 4.69) is 10.2 Å².